The molecule has 0 saturated heterocycles. The van der Waals surface area contributed by atoms with Crippen molar-refractivity contribution in [1.29, 1.82) is 0 Å². The third kappa shape index (κ3) is 3.33. The number of nitrogens with two attached hydrogens (primary N) is 1. The predicted molar refractivity (Wildman–Crippen MR) is 86.0 cm³/mol. The van der Waals surface area contributed by atoms with Gasteiger partial charge < -0.3 is 10.6 Å². The van der Waals surface area contributed by atoms with Gasteiger partial charge in [0, 0.05) is 41.8 Å². The van der Waals surface area contributed by atoms with E-state index < -0.39 is 0 Å². The van der Waals surface area contributed by atoms with Gasteiger partial charge in [0.25, 0.3) is 0 Å². The molecule has 0 bridgehead atoms. The van der Waals surface area contributed by atoms with Crippen molar-refractivity contribution in [3.63, 3.8) is 0 Å². The number of rotatable bonds is 5. The molecule has 5 heteroatoms. The van der Waals surface area contributed by atoms with Gasteiger partial charge in [0.2, 0.25) is 0 Å². The van der Waals surface area contributed by atoms with Crippen LogP contribution in [0.1, 0.15) is 13.3 Å². The maximum absolute atomic E-state index is 6.00. The number of thiocarbonyl (C=S) groups is 1. The second-order valence-electron chi connectivity index (χ2n) is 4.29. The second-order valence-corrected chi connectivity index (χ2v) is 5.25. The molecule has 0 saturated carbocycles. The number of aromatic nitrogens is 1. The first kappa shape index (κ1) is 14.0. The number of anilines is 1. The van der Waals surface area contributed by atoms with Crippen molar-refractivity contribution >= 4 is 45.4 Å². The van der Waals surface area contributed by atoms with Crippen LogP contribution in [0.5, 0.6) is 0 Å². The summed E-state index contributed by atoms with van der Waals surface area (Å²) < 4.78 is 0. The van der Waals surface area contributed by atoms with Gasteiger partial charge in [0.1, 0.15) is 0 Å². The molecule has 0 aliphatic carbocycles. The molecule has 0 unspecified atom stereocenters. The van der Waals surface area contributed by atoms with E-state index in [1.165, 1.54) is 0 Å². The van der Waals surface area contributed by atoms with Gasteiger partial charge >= 0.3 is 0 Å². The van der Waals surface area contributed by atoms with Crippen LogP contribution in [0, 0.1) is 0 Å². The van der Waals surface area contributed by atoms with E-state index in [9.17, 15) is 0 Å². The molecular formula is C14H16ClN3S. The summed E-state index contributed by atoms with van der Waals surface area (Å²) in [5.74, 6) is 0. The number of fused-ring (bicyclic) bond motifs is 1. The van der Waals surface area contributed by atoms with Gasteiger partial charge in [-0.25, -0.2) is 0 Å². The number of benzene rings is 1. The highest BCUT2D eigenvalue weighted by atomic mass is 35.5. The quantitative estimate of drug-likeness (QED) is 0.858. The molecule has 0 amide bonds. The fourth-order valence-electron chi connectivity index (χ4n) is 2.08. The minimum atomic E-state index is 0.542. The van der Waals surface area contributed by atoms with Crippen LogP contribution < -0.4 is 10.6 Å². The van der Waals surface area contributed by atoms with E-state index >= 15 is 0 Å². The molecular weight excluding hydrogens is 278 g/mol. The van der Waals surface area contributed by atoms with Gasteiger partial charge in [-0.2, -0.15) is 0 Å². The highest BCUT2D eigenvalue weighted by Gasteiger charge is 2.09. The second kappa shape index (κ2) is 6.17. The minimum Gasteiger partial charge on any atom is -0.393 e. The Morgan fingerprint density at radius 1 is 1.42 bits per heavy atom. The first-order valence-corrected chi connectivity index (χ1v) is 6.98. The van der Waals surface area contributed by atoms with E-state index in [1.807, 2.05) is 24.3 Å². The smallest absolute Gasteiger partial charge is 0.0745 e. The van der Waals surface area contributed by atoms with Crippen molar-refractivity contribution < 1.29 is 0 Å². The van der Waals surface area contributed by atoms with Gasteiger partial charge in [-0.15, -0.1) is 0 Å². The van der Waals surface area contributed by atoms with Crippen LogP contribution in [0.3, 0.4) is 0 Å². The van der Waals surface area contributed by atoms with Gasteiger partial charge in [-0.05, 0) is 31.2 Å². The number of halogens is 1. The summed E-state index contributed by atoms with van der Waals surface area (Å²) in [6.45, 7) is 3.82. The predicted octanol–water partition coefficient (Wildman–Crippen LogP) is 3.39. The Kier molecular flexibility index (Phi) is 4.56. The topological polar surface area (TPSA) is 42.1 Å². The third-order valence-corrected chi connectivity index (χ3v) is 3.47. The van der Waals surface area contributed by atoms with Crippen LogP contribution in [0.4, 0.5) is 5.69 Å². The summed E-state index contributed by atoms with van der Waals surface area (Å²) in [5, 5.41) is 1.79. The first-order valence-electron chi connectivity index (χ1n) is 6.19. The normalized spacial score (nSPS) is 10.6. The summed E-state index contributed by atoms with van der Waals surface area (Å²) >= 11 is 10.9. The third-order valence-electron chi connectivity index (χ3n) is 3.03. The zero-order chi connectivity index (χ0) is 13.8. The van der Waals surface area contributed by atoms with Gasteiger partial charge in [0.05, 0.1) is 10.5 Å². The molecule has 1 aromatic heterocycles. The highest BCUT2D eigenvalue weighted by molar-refractivity contribution is 7.80. The minimum absolute atomic E-state index is 0.542. The Bertz CT molecular complexity index is 600. The molecule has 2 N–H and O–H groups in total. The van der Waals surface area contributed by atoms with Gasteiger partial charge in [-0.1, -0.05) is 23.8 Å². The fourth-order valence-corrected chi connectivity index (χ4v) is 2.33. The largest absolute Gasteiger partial charge is 0.393 e. The Balaban J connectivity index is 2.39. The molecule has 0 aliphatic heterocycles. The molecule has 2 aromatic rings. The molecule has 1 heterocycles. The summed E-state index contributed by atoms with van der Waals surface area (Å²) in [4.78, 5) is 7.14. The summed E-state index contributed by atoms with van der Waals surface area (Å²) in [7, 11) is 0. The molecule has 0 fully saturated rings. The maximum Gasteiger partial charge on any atom is 0.0745 e. The van der Waals surface area contributed by atoms with Crippen LogP contribution in [0.2, 0.25) is 5.02 Å². The van der Waals surface area contributed by atoms with E-state index in [4.69, 9.17) is 29.6 Å². The lowest BCUT2D eigenvalue weighted by Gasteiger charge is -2.24. The first-order chi connectivity index (χ1) is 9.11. The molecule has 1 aromatic carbocycles. The lowest BCUT2D eigenvalue weighted by atomic mass is 10.1. The maximum atomic E-state index is 6.00. The van der Waals surface area contributed by atoms with Crippen LogP contribution in [0.15, 0.2) is 30.5 Å². The number of pyridine rings is 1. The van der Waals surface area contributed by atoms with E-state index in [0.29, 0.717) is 16.4 Å². The Morgan fingerprint density at radius 3 is 2.89 bits per heavy atom. The van der Waals surface area contributed by atoms with E-state index in [1.54, 1.807) is 6.20 Å². The van der Waals surface area contributed by atoms with Crippen LogP contribution >= 0.6 is 23.8 Å². The van der Waals surface area contributed by atoms with Crippen LogP contribution in [-0.4, -0.2) is 23.1 Å². The highest BCUT2D eigenvalue weighted by Crippen LogP contribution is 2.27. The Labute approximate surface area is 123 Å². The summed E-state index contributed by atoms with van der Waals surface area (Å²) in [6, 6.07) is 7.78. The van der Waals surface area contributed by atoms with E-state index in [-0.39, 0.29) is 0 Å². The molecule has 0 aliphatic rings. The lowest BCUT2D eigenvalue weighted by molar-refractivity contribution is 0.840. The zero-order valence-electron chi connectivity index (χ0n) is 10.8. The number of hydrogen-bond donors (Lipinski definition) is 1. The Morgan fingerprint density at radius 2 is 2.21 bits per heavy atom. The molecule has 2 rings (SSSR count). The van der Waals surface area contributed by atoms with Gasteiger partial charge in [-0.3, -0.25) is 4.98 Å². The standard InChI is InChI=1S/C14H16ClN3S/c1-2-18(8-6-14(16)19)13-5-7-17-12-9-10(15)3-4-11(12)13/h3-5,7,9H,2,6,8H2,1H3,(H2,16,19). The van der Waals surface area contributed by atoms with Crippen molar-refractivity contribution in [2.75, 3.05) is 18.0 Å². The average Bonchev–Trinajstić information content (AvgIpc) is 2.38. The van der Waals surface area contributed by atoms with Crippen LogP contribution in [0.25, 0.3) is 10.9 Å². The number of nitrogens with zero attached hydrogens (tertiary/aromatic N) is 2. The lowest BCUT2D eigenvalue weighted by Crippen LogP contribution is -2.27. The van der Waals surface area contributed by atoms with Crippen molar-refractivity contribution in [3.8, 4) is 0 Å². The molecule has 3 nitrogen and oxygen atoms in total. The molecule has 0 radical (unpaired) electrons. The molecule has 0 atom stereocenters. The SMILES string of the molecule is CCN(CCC(N)=S)c1ccnc2cc(Cl)ccc12. The number of hydrogen-bond acceptors (Lipinski definition) is 3. The molecule has 19 heavy (non-hydrogen) atoms. The molecule has 100 valence electrons. The summed E-state index contributed by atoms with van der Waals surface area (Å²) in [6.07, 6.45) is 2.51. The Hall–Kier alpha value is -1.39. The van der Waals surface area contributed by atoms with Crippen molar-refractivity contribution in [2.24, 2.45) is 5.73 Å². The van der Waals surface area contributed by atoms with E-state index in [2.05, 4.69) is 16.8 Å². The van der Waals surface area contributed by atoms with E-state index in [0.717, 1.165) is 29.7 Å². The summed E-state index contributed by atoms with van der Waals surface area (Å²) in [5.41, 5.74) is 7.62. The molecule has 0 spiro atoms. The van der Waals surface area contributed by atoms with Crippen molar-refractivity contribution in [3.05, 3.63) is 35.5 Å². The average molecular weight is 294 g/mol. The monoisotopic (exact) mass is 293 g/mol. The fraction of sp³-hybridized carbons (Fsp3) is 0.286. The van der Waals surface area contributed by atoms with Crippen molar-refractivity contribution in [1.82, 2.24) is 4.98 Å². The zero-order valence-corrected chi connectivity index (χ0v) is 12.3. The van der Waals surface area contributed by atoms with Gasteiger partial charge in [0.15, 0.2) is 0 Å². The van der Waals surface area contributed by atoms with Crippen molar-refractivity contribution in [2.45, 2.75) is 13.3 Å². The van der Waals surface area contributed by atoms with Crippen LogP contribution in [-0.2, 0) is 0 Å².